The van der Waals surface area contributed by atoms with Gasteiger partial charge in [0.1, 0.15) is 0 Å². The van der Waals surface area contributed by atoms with E-state index in [1.807, 2.05) is 36.4 Å². The Kier molecular flexibility index (Phi) is 7.05. The Balaban J connectivity index is 1.44. The zero-order valence-electron chi connectivity index (χ0n) is 17.2. The van der Waals surface area contributed by atoms with Gasteiger partial charge in [-0.1, -0.05) is 35.9 Å². The van der Waals surface area contributed by atoms with Gasteiger partial charge in [0.25, 0.3) is 5.91 Å². The molecule has 2 aromatic rings. The quantitative estimate of drug-likeness (QED) is 0.763. The van der Waals surface area contributed by atoms with Gasteiger partial charge in [0, 0.05) is 55.4 Å². The van der Waals surface area contributed by atoms with Crippen LogP contribution in [0.5, 0.6) is 0 Å². The summed E-state index contributed by atoms with van der Waals surface area (Å²) in [5, 5.41) is 3.91. The molecule has 2 fully saturated rings. The molecule has 1 amide bonds. The summed E-state index contributed by atoms with van der Waals surface area (Å²) >= 11 is 6.25. The first kappa shape index (κ1) is 21.3. The van der Waals surface area contributed by atoms with E-state index in [4.69, 9.17) is 21.1 Å². The third-order valence-electron chi connectivity index (χ3n) is 6.17. The van der Waals surface area contributed by atoms with Crippen molar-refractivity contribution in [2.45, 2.75) is 24.8 Å². The standard InChI is InChI=1S/C24H29ClN2O3/c25-22-6-2-5-21(16-22)24(7-11-29-12-8-24)18-26-23(28)20-4-1-3-19(15-20)17-27-9-13-30-14-10-27/h1-6,15-16H,7-14,17-18H2,(H,26,28). The first-order valence-electron chi connectivity index (χ1n) is 10.7. The summed E-state index contributed by atoms with van der Waals surface area (Å²) in [6, 6.07) is 15.9. The van der Waals surface area contributed by atoms with Gasteiger partial charge in [-0.3, -0.25) is 9.69 Å². The maximum atomic E-state index is 13.0. The molecule has 2 aromatic carbocycles. The van der Waals surface area contributed by atoms with E-state index in [0.29, 0.717) is 25.3 Å². The van der Waals surface area contributed by atoms with Crippen LogP contribution in [0.3, 0.4) is 0 Å². The highest BCUT2D eigenvalue weighted by Gasteiger charge is 2.35. The Hall–Kier alpha value is -1.92. The normalized spacial score (nSPS) is 19.4. The topological polar surface area (TPSA) is 50.8 Å². The summed E-state index contributed by atoms with van der Waals surface area (Å²) in [6.45, 7) is 6.21. The molecule has 6 heteroatoms. The zero-order valence-corrected chi connectivity index (χ0v) is 18.0. The Morgan fingerprint density at radius 3 is 2.50 bits per heavy atom. The molecule has 30 heavy (non-hydrogen) atoms. The van der Waals surface area contributed by atoms with E-state index in [1.165, 1.54) is 5.56 Å². The van der Waals surface area contributed by atoms with Crippen molar-refractivity contribution < 1.29 is 14.3 Å². The second-order valence-corrected chi connectivity index (χ2v) is 8.61. The smallest absolute Gasteiger partial charge is 0.251 e. The van der Waals surface area contributed by atoms with E-state index in [9.17, 15) is 4.79 Å². The van der Waals surface area contributed by atoms with E-state index in [1.54, 1.807) is 0 Å². The number of carbonyl (C=O) groups is 1. The fraction of sp³-hybridized carbons (Fsp3) is 0.458. The van der Waals surface area contributed by atoms with Gasteiger partial charge in [0.05, 0.1) is 13.2 Å². The number of hydrogen-bond acceptors (Lipinski definition) is 4. The summed E-state index contributed by atoms with van der Waals surface area (Å²) in [6.07, 6.45) is 1.73. The van der Waals surface area contributed by atoms with Crippen molar-refractivity contribution in [3.63, 3.8) is 0 Å². The third kappa shape index (κ3) is 5.22. The number of morpholine rings is 1. The predicted octanol–water partition coefficient (Wildman–Crippen LogP) is 3.65. The lowest BCUT2D eigenvalue weighted by atomic mass is 9.74. The molecule has 2 heterocycles. The molecular formula is C24H29ClN2O3. The number of benzene rings is 2. The van der Waals surface area contributed by atoms with Crippen molar-refractivity contribution in [2.75, 3.05) is 46.1 Å². The molecule has 0 bridgehead atoms. The summed E-state index contributed by atoms with van der Waals surface area (Å²) < 4.78 is 11.0. The average molecular weight is 429 g/mol. The van der Waals surface area contributed by atoms with Gasteiger partial charge in [0.2, 0.25) is 0 Å². The van der Waals surface area contributed by atoms with Crippen molar-refractivity contribution in [1.29, 1.82) is 0 Å². The number of nitrogens with one attached hydrogen (secondary N) is 1. The molecular weight excluding hydrogens is 400 g/mol. The first-order chi connectivity index (χ1) is 14.6. The van der Waals surface area contributed by atoms with Gasteiger partial charge in [-0.15, -0.1) is 0 Å². The van der Waals surface area contributed by atoms with Gasteiger partial charge in [-0.25, -0.2) is 0 Å². The summed E-state index contributed by atoms with van der Waals surface area (Å²) in [7, 11) is 0. The molecule has 0 saturated carbocycles. The van der Waals surface area contributed by atoms with Gasteiger partial charge < -0.3 is 14.8 Å². The molecule has 5 nitrogen and oxygen atoms in total. The zero-order chi connectivity index (χ0) is 20.8. The summed E-state index contributed by atoms with van der Waals surface area (Å²) in [5.41, 5.74) is 2.87. The van der Waals surface area contributed by atoms with E-state index >= 15 is 0 Å². The number of hydrogen-bond donors (Lipinski definition) is 1. The highest BCUT2D eigenvalue weighted by Crippen LogP contribution is 2.35. The summed E-state index contributed by atoms with van der Waals surface area (Å²) in [4.78, 5) is 15.3. The van der Waals surface area contributed by atoms with Crippen LogP contribution >= 0.6 is 11.6 Å². The molecule has 2 aliphatic rings. The molecule has 1 N–H and O–H groups in total. The van der Waals surface area contributed by atoms with Crippen molar-refractivity contribution in [3.05, 3.63) is 70.2 Å². The van der Waals surface area contributed by atoms with Gasteiger partial charge >= 0.3 is 0 Å². The van der Waals surface area contributed by atoms with Crippen LogP contribution in [0, 0.1) is 0 Å². The molecule has 2 aliphatic heterocycles. The van der Waals surface area contributed by atoms with Gasteiger partial charge in [-0.2, -0.15) is 0 Å². The highest BCUT2D eigenvalue weighted by atomic mass is 35.5. The molecule has 0 radical (unpaired) electrons. The average Bonchev–Trinajstić information content (AvgIpc) is 2.79. The van der Waals surface area contributed by atoms with Crippen LogP contribution in [0.25, 0.3) is 0 Å². The van der Waals surface area contributed by atoms with Gasteiger partial charge in [0.15, 0.2) is 0 Å². The monoisotopic (exact) mass is 428 g/mol. The Morgan fingerprint density at radius 1 is 1.00 bits per heavy atom. The van der Waals surface area contributed by atoms with Crippen molar-refractivity contribution >= 4 is 17.5 Å². The SMILES string of the molecule is O=C(NCC1(c2cccc(Cl)c2)CCOCC1)c1cccc(CN2CCOCC2)c1. The molecule has 0 spiro atoms. The fourth-order valence-electron chi connectivity index (χ4n) is 4.33. The number of amides is 1. The van der Waals surface area contributed by atoms with Crippen LogP contribution in [0.2, 0.25) is 5.02 Å². The van der Waals surface area contributed by atoms with Crippen LogP contribution < -0.4 is 5.32 Å². The lowest BCUT2D eigenvalue weighted by Crippen LogP contribution is -2.44. The highest BCUT2D eigenvalue weighted by molar-refractivity contribution is 6.30. The number of nitrogens with zero attached hydrogens (tertiary/aromatic N) is 1. The number of carbonyl (C=O) groups excluding carboxylic acids is 1. The number of rotatable bonds is 6. The predicted molar refractivity (Wildman–Crippen MR) is 118 cm³/mol. The van der Waals surface area contributed by atoms with Crippen LogP contribution in [0.4, 0.5) is 0 Å². The van der Waals surface area contributed by atoms with Crippen molar-refractivity contribution in [2.24, 2.45) is 0 Å². The van der Waals surface area contributed by atoms with E-state index in [0.717, 1.165) is 56.3 Å². The first-order valence-corrected chi connectivity index (χ1v) is 11.0. The largest absolute Gasteiger partial charge is 0.381 e. The summed E-state index contributed by atoms with van der Waals surface area (Å²) in [5.74, 6) is -0.0354. The molecule has 160 valence electrons. The molecule has 0 unspecified atom stereocenters. The second-order valence-electron chi connectivity index (χ2n) is 8.17. The van der Waals surface area contributed by atoms with Crippen LogP contribution in [0.1, 0.15) is 34.3 Å². The van der Waals surface area contributed by atoms with E-state index in [-0.39, 0.29) is 11.3 Å². The van der Waals surface area contributed by atoms with Crippen molar-refractivity contribution in [3.8, 4) is 0 Å². The Bertz CT molecular complexity index is 861. The molecule has 0 aliphatic carbocycles. The van der Waals surface area contributed by atoms with Crippen LogP contribution in [-0.2, 0) is 21.4 Å². The maximum Gasteiger partial charge on any atom is 0.251 e. The molecule has 0 atom stereocenters. The molecule has 2 saturated heterocycles. The number of ether oxygens (including phenoxy) is 2. The Morgan fingerprint density at radius 2 is 1.73 bits per heavy atom. The third-order valence-corrected chi connectivity index (χ3v) is 6.41. The van der Waals surface area contributed by atoms with E-state index in [2.05, 4.69) is 22.3 Å². The van der Waals surface area contributed by atoms with Crippen LogP contribution in [0.15, 0.2) is 48.5 Å². The molecule has 4 rings (SSSR count). The lowest BCUT2D eigenvalue weighted by Gasteiger charge is -2.38. The Labute approximate surface area is 183 Å². The minimum absolute atomic E-state index is 0.0354. The second kappa shape index (κ2) is 9.92. The van der Waals surface area contributed by atoms with E-state index < -0.39 is 0 Å². The number of halogens is 1. The van der Waals surface area contributed by atoms with Crippen molar-refractivity contribution in [1.82, 2.24) is 10.2 Å². The lowest BCUT2D eigenvalue weighted by molar-refractivity contribution is 0.0342. The maximum absolute atomic E-state index is 13.0. The minimum atomic E-state index is -0.149. The van der Waals surface area contributed by atoms with Gasteiger partial charge in [-0.05, 0) is 48.2 Å². The van der Waals surface area contributed by atoms with Crippen LogP contribution in [-0.4, -0.2) is 56.9 Å². The fourth-order valence-corrected chi connectivity index (χ4v) is 4.52. The molecule has 0 aromatic heterocycles. The minimum Gasteiger partial charge on any atom is -0.381 e.